The molecule has 0 radical (unpaired) electrons. The third-order valence-electron chi connectivity index (χ3n) is 3.37. The summed E-state index contributed by atoms with van der Waals surface area (Å²) in [4.78, 5) is 14.1. The number of nitrogens with zero attached hydrogens (tertiary/aromatic N) is 1. The van der Waals surface area contributed by atoms with Crippen molar-refractivity contribution in [3.8, 4) is 0 Å². The average Bonchev–Trinajstić information content (AvgIpc) is 3.04. The van der Waals surface area contributed by atoms with Crippen molar-refractivity contribution < 1.29 is 9.21 Å². The maximum atomic E-state index is 12.3. The summed E-state index contributed by atoms with van der Waals surface area (Å²) < 4.78 is 5.38. The van der Waals surface area contributed by atoms with Gasteiger partial charge in [0, 0.05) is 5.39 Å². The van der Waals surface area contributed by atoms with Gasteiger partial charge < -0.3 is 9.32 Å². The van der Waals surface area contributed by atoms with E-state index < -0.39 is 0 Å². The number of amides is 1. The minimum Gasteiger partial charge on any atom is -0.467 e. The lowest BCUT2D eigenvalue weighted by Crippen LogP contribution is -2.31. The minimum absolute atomic E-state index is 0.00255. The number of hydrogen-bond donors (Lipinski definition) is 0. The molecule has 0 saturated carbocycles. The molecule has 0 saturated heterocycles. The van der Waals surface area contributed by atoms with Crippen LogP contribution < -0.4 is 4.90 Å². The van der Waals surface area contributed by atoms with E-state index in [1.807, 2.05) is 54.6 Å². The van der Waals surface area contributed by atoms with Crippen molar-refractivity contribution in [1.82, 2.24) is 0 Å². The number of halogens is 1. The van der Waals surface area contributed by atoms with Crippen molar-refractivity contribution in [2.75, 3.05) is 10.2 Å². The smallest absolute Gasteiger partial charge is 0.238 e. The van der Waals surface area contributed by atoms with Gasteiger partial charge in [-0.25, -0.2) is 0 Å². The minimum atomic E-state index is 0.00255. The normalized spacial score (nSPS) is 10.7. The van der Waals surface area contributed by atoms with Gasteiger partial charge in [0.05, 0.1) is 23.8 Å². The molecule has 1 amide bonds. The Morgan fingerprint density at radius 2 is 1.86 bits per heavy atom. The predicted octanol–water partition coefficient (Wildman–Crippen LogP) is 4.36. The van der Waals surface area contributed by atoms with Crippen molar-refractivity contribution >= 4 is 38.3 Å². The molecule has 0 bridgehead atoms. The zero-order valence-electron chi connectivity index (χ0n) is 11.3. The number of benzene rings is 2. The Hall–Kier alpha value is -2.07. The highest BCUT2D eigenvalue weighted by Crippen LogP contribution is 2.28. The second-order valence-electron chi connectivity index (χ2n) is 4.69. The monoisotopic (exact) mass is 343 g/mol. The first kappa shape index (κ1) is 13.9. The van der Waals surface area contributed by atoms with E-state index in [0.29, 0.717) is 6.54 Å². The summed E-state index contributed by atoms with van der Waals surface area (Å²) in [6, 6.07) is 17.7. The molecule has 4 heteroatoms. The van der Waals surface area contributed by atoms with Crippen LogP contribution in [-0.4, -0.2) is 11.2 Å². The summed E-state index contributed by atoms with van der Waals surface area (Å²) in [6.45, 7) is 0.422. The maximum absolute atomic E-state index is 12.3. The molecule has 0 aliphatic rings. The first-order valence-electron chi connectivity index (χ1n) is 6.66. The molecule has 1 aromatic heterocycles. The average molecular weight is 344 g/mol. The van der Waals surface area contributed by atoms with E-state index in [0.717, 1.165) is 22.2 Å². The molecule has 0 N–H and O–H groups in total. The lowest BCUT2D eigenvalue weighted by Gasteiger charge is -2.22. The molecule has 21 heavy (non-hydrogen) atoms. The molecule has 3 rings (SSSR count). The molecule has 106 valence electrons. The van der Waals surface area contributed by atoms with Crippen molar-refractivity contribution in [1.29, 1.82) is 0 Å². The topological polar surface area (TPSA) is 33.5 Å². The molecule has 1 heterocycles. The largest absolute Gasteiger partial charge is 0.467 e. The molecular weight excluding hydrogens is 330 g/mol. The summed E-state index contributed by atoms with van der Waals surface area (Å²) in [5.41, 5.74) is 0.897. The van der Waals surface area contributed by atoms with Crippen LogP contribution >= 0.6 is 15.9 Å². The van der Waals surface area contributed by atoms with Crippen molar-refractivity contribution in [2.24, 2.45) is 0 Å². The van der Waals surface area contributed by atoms with Gasteiger partial charge in [0.25, 0.3) is 0 Å². The number of alkyl halides is 1. The Morgan fingerprint density at radius 1 is 1.05 bits per heavy atom. The Labute approximate surface area is 131 Å². The first-order chi connectivity index (χ1) is 10.3. The van der Waals surface area contributed by atoms with Gasteiger partial charge in [0.2, 0.25) is 5.91 Å². The fraction of sp³-hybridized carbons (Fsp3) is 0.118. The van der Waals surface area contributed by atoms with Crippen LogP contribution in [0.2, 0.25) is 0 Å². The first-order valence-corrected chi connectivity index (χ1v) is 7.78. The van der Waals surface area contributed by atoms with Crippen LogP contribution in [0.15, 0.2) is 65.3 Å². The maximum Gasteiger partial charge on any atom is 0.238 e. The van der Waals surface area contributed by atoms with E-state index in [-0.39, 0.29) is 11.2 Å². The standard InChI is InChI=1S/C17H14BrNO2/c18-11-17(20)19(12-14-7-4-10-21-14)16-9-3-6-13-5-1-2-8-15(13)16/h1-10H,11-12H2. The molecule has 0 unspecified atom stereocenters. The van der Waals surface area contributed by atoms with Crippen LogP contribution in [0.25, 0.3) is 10.8 Å². The van der Waals surface area contributed by atoms with Gasteiger partial charge in [-0.05, 0) is 23.6 Å². The summed E-state index contributed by atoms with van der Waals surface area (Å²) in [7, 11) is 0. The Balaban J connectivity index is 2.07. The molecule has 0 atom stereocenters. The zero-order chi connectivity index (χ0) is 14.7. The van der Waals surface area contributed by atoms with Crippen LogP contribution in [0.3, 0.4) is 0 Å². The predicted molar refractivity (Wildman–Crippen MR) is 87.6 cm³/mol. The van der Waals surface area contributed by atoms with E-state index in [1.165, 1.54) is 0 Å². The molecule has 2 aromatic carbocycles. The fourth-order valence-corrected chi connectivity index (χ4v) is 2.68. The van der Waals surface area contributed by atoms with Crippen molar-refractivity contribution in [2.45, 2.75) is 6.54 Å². The molecule has 0 fully saturated rings. The zero-order valence-corrected chi connectivity index (χ0v) is 12.9. The fourth-order valence-electron chi connectivity index (χ4n) is 2.38. The van der Waals surface area contributed by atoms with Gasteiger partial charge in [0.15, 0.2) is 0 Å². The van der Waals surface area contributed by atoms with E-state index in [4.69, 9.17) is 4.42 Å². The highest BCUT2D eigenvalue weighted by atomic mass is 79.9. The van der Waals surface area contributed by atoms with Crippen molar-refractivity contribution in [3.63, 3.8) is 0 Å². The van der Waals surface area contributed by atoms with Gasteiger partial charge in [-0.3, -0.25) is 4.79 Å². The Morgan fingerprint density at radius 3 is 2.62 bits per heavy atom. The highest BCUT2D eigenvalue weighted by molar-refractivity contribution is 9.09. The van der Waals surface area contributed by atoms with Crippen LogP contribution in [0.4, 0.5) is 5.69 Å². The molecular formula is C17H14BrNO2. The highest BCUT2D eigenvalue weighted by Gasteiger charge is 2.18. The molecule has 0 aliphatic carbocycles. The lowest BCUT2D eigenvalue weighted by atomic mass is 10.1. The number of rotatable bonds is 4. The van der Waals surface area contributed by atoms with Crippen molar-refractivity contribution in [3.05, 3.63) is 66.6 Å². The quantitative estimate of drug-likeness (QED) is 0.659. The number of hydrogen-bond acceptors (Lipinski definition) is 2. The second-order valence-corrected chi connectivity index (χ2v) is 5.25. The van der Waals surface area contributed by atoms with E-state index in [9.17, 15) is 4.79 Å². The molecule has 3 nitrogen and oxygen atoms in total. The van der Waals surface area contributed by atoms with Gasteiger partial charge in [-0.15, -0.1) is 0 Å². The number of anilines is 1. The van der Waals surface area contributed by atoms with Crippen LogP contribution in [0, 0.1) is 0 Å². The van der Waals surface area contributed by atoms with Crippen LogP contribution in [0.1, 0.15) is 5.76 Å². The van der Waals surface area contributed by atoms with E-state index in [2.05, 4.69) is 15.9 Å². The second kappa shape index (κ2) is 6.14. The summed E-state index contributed by atoms with van der Waals surface area (Å²) >= 11 is 3.26. The summed E-state index contributed by atoms with van der Waals surface area (Å²) in [5, 5.41) is 2.44. The summed E-state index contributed by atoms with van der Waals surface area (Å²) in [6.07, 6.45) is 1.62. The third-order valence-corrected chi connectivity index (χ3v) is 3.85. The molecule has 3 aromatic rings. The molecule has 0 spiro atoms. The number of carbonyl (C=O) groups is 1. The number of carbonyl (C=O) groups excluding carboxylic acids is 1. The lowest BCUT2D eigenvalue weighted by molar-refractivity contribution is -0.116. The van der Waals surface area contributed by atoms with E-state index in [1.54, 1.807) is 11.2 Å². The molecule has 0 aliphatic heterocycles. The third kappa shape index (κ3) is 2.85. The number of fused-ring (bicyclic) bond motifs is 1. The van der Waals surface area contributed by atoms with Crippen LogP contribution in [0.5, 0.6) is 0 Å². The van der Waals surface area contributed by atoms with Crippen LogP contribution in [-0.2, 0) is 11.3 Å². The van der Waals surface area contributed by atoms with Gasteiger partial charge in [0.1, 0.15) is 5.76 Å². The summed E-state index contributed by atoms with van der Waals surface area (Å²) in [5.74, 6) is 0.764. The SMILES string of the molecule is O=C(CBr)N(Cc1ccco1)c1cccc2ccccc12. The van der Waals surface area contributed by atoms with Gasteiger partial charge in [-0.1, -0.05) is 52.3 Å². The number of furan rings is 1. The van der Waals surface area contributed by atoms with Gasteiger partial charge in [-0.2, -0.15) is 0 Å². The Kier molecular flexibility index (Phi) is 4.06. The van der Waals surface area contributed by atoms with E-state index >= 15 is 0 Å². The Bertz CT molecular complexity index is 747. The van der Waals surface area contributed by atoms with Gasteiger partial charge >= 0.3 is 0 Å².